The van der Waals surface area contributed by atoms with Gasteiger partial charge in [-0.25, -0.2) is 9.97 Å². The van der Waals surface area contributed by atoms with Crippen molar-refractivity contribution in [3.8, 4) is 0 Å². The average Bonchev–Trinajstić information content (AvgIpc) is 3.28. The number of thiazole rings is 1. The normalized spacial score (nSPS) is 11.0. The molecule has 3 heterocycles. The zero-order valence-electron chi connectivity index (χ0n) is 14.1. The van der Waals surface area contributed by atoms with E-state index in [-0.39, 0.29) is 5.91 Å². The molecule has 0 unspecified atom stereocenters. The van der Waals surface area contributed by atoms with Crippen LogP contribution < -0.4 is 4.90 Å². The van der Waals surface area contributed by atoms with Crippen molar-refractivity contribution in [2.24, 2.45) is 0 Å². The van der Waals surface area contributed by atoms with E-state index in [0.717, 1.165) is 22.1 Å². The summed E-state index contributed by atoms with van der Waals surface area (Å²) in [5.74, 6) is 0.648. The van der Waals surface area contributed by atoms with E-state index in [1.807, 2.05) is 66.3 Å². The molecule has 26 heavy (non-hydrogen) atoms. The van der Waals surface area contributed by atoms with Crippen LogP contribution in [0.25, 0.3) is 5.52 Å². The number of fused-ring (bicyclic) bond motifs is 1. The minimum absolute atomic E-state index is 0.0518. The number of aromatic nitrogens is 3. The number of rotatable bonds is 5. The van der Waals surface area contributed by atoms with Crippen molar-refractivity contribution < 1.29 is 4.79 Å². The number of hydrogen-bond acceptors (Lipinski definition) is 5. The third-order valence-corrected chi connectivity index (χ3v) is 5.69. The summed E-state index contributed by atoms with van der Waals surface area (Å²) in [7, 11) is 0. The van der Waals surface area contributed by atoms with Gasteiger partial charge in [0.05, 0.1) is 23.1 Å². The van der Waals surface area contributed by atoms with Crippen LogP contribution >= 0.6 is 23.1 Å². The molecule has 0 spiro atoms. The lowest BCUT2D eigenvalue weighted by atomic mass is 10.3. The minimum atomic E-state index is -0.0518. The SMILES string of the molecule is CC(=O)N(c1ccccc1)c1nc(CSc2ncc3ccccn23)cs1. The molecule has 0 aliphatic heterocycles. The zero-order chi connectivity index (χ0) is 17.9. The molecular weight excluding hydrogens is 364 g/mol. The van der Waals surface area contributed by atoms with Crippen LogP contribution in [0.4, 0.5) is 10.8 Å². The number of amides is 1. The molecule has 1 aromatic carbocycles. The quantitative estimate of drug-likeness (QED) is 0.468. The van der Waals surface area contributed by atoms with Crippen LogP contribution in [0.5, 0.6) is 0 Å². The molecule has 0 saturated heterocycles. The number of thioether (sulfide) groups is 1. The Morgan fingerprint density at radius 1 is 1.19 bits per heavy atom. The van der Waals surface area contributed by atoms with Gasteiger partial charge >= 0.3 is 0 Å². The van der Waals surface area contributed by atoms with Gasteiger partial charge in [-0.15, -0.1) is 11.3 Å². The summed E-state index contributed by atoms with van der Waals surface area (Å²) in [5.41, 5.74) is 2.83. The molecule has 0 N–H and O–H groups in total. The van der Waals surface area contributed by atoms with Crippen LogP contribution in [0.2, 0.25) is 0 Å². The minimum Gasteiger partial charge on any atom is -0.295 e. The molecule has 0 bridgehead atoms. The highest BCUT2D eigenvalue weighted by molar-refractivity contribution is 7.98. The molecule has 3 aromatic heterocycles. The summed E-state index contributed by atoms with van der Waals surface area (Å²) in [6.07, 6.45) is 3.87. The Kier molecular flexibility index (Phi) is 4.73. The van der Waals surface area contributed by atoms with E-state index < -0.39 is 0 Å². The number of pyridine rings is 1. The fourth-order valence-electron chi connectivity index (χ4n) is 2.63. The summed E-state index contributed by atoms with van der Waals surface area (Å²) in [4.78, 5) is 22.9. The van der Waals surface area contributed by atoms with Gasteiger partial charge in [0.15, 0.2) is 10.3 Å². The van der Waals surface area contributed by atoms with E-state index in [4.69, 9.17) is 0 Å². The number of carbonyl (C=O) groups is 1. The standard InChI is InChI=1S/C19H16N4OS2/c1-14(24)23(16-7-3-2-4-8-16)19-21-15(13-26-19)12-25-18-20-11-17-9-5-6-10-22(17)18/h2-11,13H,12H2,1H3. The first-order chi connectivity index (χ1) is 12.7. The summed E-state index contributed by atoms with van der Waals surface area (Å²) in [6.45, 7) is 1.56. The molecule has 0 radical (unpaired) electrons. The van der Waals surface area contributed by atoms with Gasteiger partial charge in [0.1, 0.15) is 0 Å². The Bertz CT molecular complexity index is 1040. The topological polar surface area (TPSA) is 50.5 Å². The predicted molar refractivity (Wildman–Crippen MR) is 106 cm³/mol. The first kappa shape index (κ1) is 16.8. The molecule has 7 heteroatoms. The Hall–Kier alpha value is -2.64. The van der Waals surface area contributed by atoms with Gasteiger partial charge in [0.25, 0.3) is 0 Å². The number of imidazole rings is 1. The van der Waals surface area contributed by atoms with Crippen LogP contribution in [0.1, 0.15) is 12.6 Å². The Morgan fingerprint density at radius 3 is 2.81 bits per heavy atom. The lowest BCUT2D eigenvalue weighted by molar-refractivity contribution is -0.115. The van der Waals surface area contributed by atoms with E-state index in [9.17, 15) is 4.79 Å². The molecule has 0 fully saturated rings. The van der Waals surface area contributed by atoms with E-state index in [1.54, 1.807) is 23.6 Å². The Morgan fingerprint density at radius 2 is 2.00 bits per heavy atom. The number of benzene rings is 1. The summed E-state index contributed by atoms with van der Waals surface area (Å²) < 4.78 is 2.06. The maximum absolute atomic E-state index is 12.1. The molecule has 130 valence electrons. The van der Waals surface area contributed by atoms with Gasteiger partial charge in [-0.2, -0.15) is 0 Å². The maximum Gasteiger partial charge on any atom is 0.230 e. The molecule has 0 atom stereocenters. The number of carbonyl (C=O) groups excluding carboxylic acids is 1. The second-order valence-electron chi connectivity index (χ2n) is 5.64. The van der Waals surface area contributed by atoms with E-state index in [0.29, 0.717) is 10.9 Å². The fraction of sp³-hybridized carbons (Fsp3) is 0.105. The van der Waals surface area contributed by atoms with Crippen molar-refractivity contribution >= 4 is 45.3 Å². The van der Waals surface area contributed by atoms with Crippen LogP contribution in [0.3, 0.4) is 0 Å². The molecule has 4 rings (SSSR count). The second kappa shape index (κ2) is 7.31. The van der Waals surface area contributed by atoms with Crippen LogP contribution in [-0.2, 0) is 10.5 Å². The highest BCUT2D eigenvalue weighted by Gasteiger charge is 2.17. The van der Waals surface area contributed by atoms with Gasteiger partial charge in [-0.3, -0.25) is 14.1 Å². The number of hydrogen-bond donors (Lipinski definition) is 0. The van der Waals surface area contributed by atoms with Gasteiger partial charge in [0, 0.05) is 24.3 Å². The molecule has 0 aliphatic carbocycles. The van der Waals surface area contributed by atoms with Crippen molar-refractivity contribution in [3.63, 3.8) is 0 Å². The van der Waals surface area contributed by atoms with E-state index in [1.165, 1.54) is 11.3 Å². The first-order valence-electron chi connectivity index (χ1n) is 8.07. The van der Waals surface area contributed by atoms with Crippen LogP contribution in [0.15, 0.2) is 71.5 Å². The molecule has 0 aliphatic rings. The van der Waals surface area contributed by atoms with Crippen molar-refractivity contribution in [2.75, 3.05) is 4.90 Å². The largest absolute Gasteiger partial charge is 0.295 e. The molecule has 5 nitrogen and oxygen atoms in total. The third-order valence-electron chi connectivity index (χ3n) is 3.81. The highest BCUT2D eigenvalue weighted by Crippen LogP contribution is 2.31. The summed E-state index contributed by atoms with van der Waals surface area (Å²) in [6, 6.07) is 15.6. The third kappa shape index (κ3) is 3.36. The molecular formula is C19H16N4OS2. The summed E-state index contributed by atoms with van der Waals surface area (Å²) in [5, 5.41) is 3.62. The van der Waals surface area contributed by atoms with Crippen molar-refractivity contribution in [1.82, 2.24) is 14.4 Å². The fourth-order valence-corrected chi connectivity index (χ4v) is 4.48. The molecule has 4 aromatic rings. The van der Waals surface area contributed by atoms with E-state index in [2.05, 4.69) is 14.4 Å². The van der Waals surface area contributed by atoms with Gasteiger partial charge in [-0.05, 0) is 24.3 Å². The van der Waals surface area contributed by atoms with Crippen molar-refractivity contribution in [2.45, 2.75) is 17.8 Å². The number of para-hydroxylation sites is 1. The average molecular weight is 380 g/mol. The Balaban J connectivity index is 1.53. The van der Waals surface area contributed by atoms with Gasteiger partial charge in [0.2, 0.25) is 5.91 Å². The van der Waals surface area contributed by atoms with Crippen molar-refractivity contribution in [1.29, 1.82) is 0 Å². The van der Waals surface area contributed by atoms with Crippen LogP contribution in [-0.4, -0.2) is 20.3 Å². The van der Waals surface area contributed by atoms with Gasteiger partial charge in [-0.1, -0.05) is 36.0 Å². The molecule has 0 saturated carbocycles. The molecule has 1 amide bonds. The maximum atomic E-state index is 12.1. The van der Waals surface area contributed by atoms with Crippen LogP contribution in [0, 0.1) is 0 Å². The van der Waals surface area contributed by atoms with Crippen molar-refractivity contribution in [3.05, 3.63) is 72.0 Å². The number of anilines is 2. The lowest BCUT2D eigenvalue weighted by Crippen LogP contribution is -2.22. The predicted octanol–water partition coefficient (Wildman–Crippen LogP) is 4.77. The van der Waals surface area contributed by atoms with Gasteiger partial charge < -0.3 is 0 Å². The first-order valence-corrected chi connectivity index (χ1v) is 9.94. The van der Waals surface area contributed by atoms with E-state index >= 15 is 0 Å². The lowest BCUT2D eigenvalue weighted by Gasteiger charge is -2.17. The second-order valence-corrected chi connectivity index (χ2v) is 7.42. The Labute approximate surface area is 159 Å². The number of nitrogens with zero attached hydrogens (tertiary/aromatic N) is 4. The highest BCUT2D eigenvalue weighted by atomic mass is 32.2. The summed E-state index contributed by atoms with van der Waals surface area (Å²) >= 11 is 3.11. The smallest absolute Gasteiger partial charge is 0.230 e. The monoisotopic (exact) mass is 380 g/mol. The zero-order valence-corrected chi connectivity index (χ0v) is 15.7.